The lowest BCUT2D eigenvalue weighted by Crippen LogP contribution is -2.52. The number of carbonyl (C=O) groups is 4. The van der Waals surface area contributed by atoms with E-state index in [2.05, 4.69) is 30.5 Å². The number of hydrogen-bond acceptors (Lipinski definition) is 14. The van der Waals surface area contributed by atoms with Gasteiger partial charge in [0.1, 0.15) is 23.5 Å². The number of hydrogen-bond donors (Lipinski definition) is 4. The molecule has 4 amide bonds. The lowest BCUT2D eigenvalue weighted by molar-refractivity contribution is -0.136. The number of fused-ring (bicyclic) bond motifs is 1. The Hall–Kier alpha value is -7.62. The summed E-state index contributed by atoms with van der Waals surface area (Å²) in [5, 5.41) is 5.00. The second kappa shape index (κ2) is 19.2. The van der Waals surface area contributed by atoms with E-state index in [-0.39, 0.29) is 89.1 Å². The summed E-state index contributed by atoms with van der Waals surface area (Å²) in [5.41, 5.74) is 11.4. The van der Waals surface area contributed by atoms with E-state index in [9.17, 15) is 41.9 Å². The third-order valence-electron chi connectivity index (χ3n) is 11.8. The van der Waals surface area contributed by atoms with Crippen molar-refractivity contribution in [3.63, 3.8) is 0 Å². The number of likely N-dealkylation sites (tertiary alicyclic amines) is 1. The van der Waals surface area contributed by atoms with Gasteiger partial charge >= 0.3 is 18.0 Å². The number of alkyl halides is 2. The minimum atomic E-state index is -3.19. The van der Waals surface area contributed by atoms with Gasteiger partial charge in [0, 0.05) is 36.5 Å². The maximum Gasteiger partial charge on any atom is 0.387 e. The number of piperidine rings is 2. The summed E-state index contributed by atoms with van der Waals surface area (Å²) in [4.78, 5) is 92.6. The summed E-state index contributed by atoms with van der Waals surface area (Å²) < 4.78 is 54.5. The van der Waals surface area contributed by atoms with Crippen LogP contribution in [0.25, 0.3) is 11.4 Å². The van der Waals surface area contributed by atoms with Crippen LogP contribution in [0.5, 0.6) is 11.5 Å². The molecule has 6 heterocycles. The summed E-state index contributed by atoms with van der Waals surface area (Å²) >= 11 is 0. The van der Waals surface area contributed by atoms with Crippen LogP contribution < -0.4 is 43.0 Å². The highest BCUT2D eigenvalue weighted by molar-refractivity contribution is 6.07. The van der Waals surface area contributed by atoms with Crippen LogP contribution in [-0.2, 0) is 16.1 Å². The molecule has 19 nitrogen and oxygen atoms in total. The van der Waals surface area contributed by atoms with Crippen LogP contribution in [0.2, 0.25) is 0 Å². The Morgan fingerprint density at radius 1 is 0.864 bits per heavy atom. The second-order valence-electron chi connectivity index (χ2n) is 16.0. The number of aromatic nitrogens is 5. The van der Waals surface area contributed by atoms with E-state index < -0.39 is 47.6 Å². The molecule has 2 saturated heterocycles. The predicted molar refractivity (Wildman–Crippen MR) is 231 cm³/mol. The Morgan fingerprint density at radius 2 is 1.55 bits per heavy atom. The van der Waals surface area contributed by atoms with E-state index >= 15 is 0 Å². The molecule has 2 aromatic carbocycles. The fraction of sp³-hybridized carbons (Fsp3) is 0.341. The Bertz CT molecular complexity index is 2750. The number of unbranched alkanes of at least 4 members (excludes halogenated alkanes) is 2. The van der Waals surface area contributed by atoms with Crippen LogP contribution in [0, 0.1) is 5.82 Å². The Labute approximate surface area is 373 Å². The molecule has 8 rings (SSSR count). The summed E-state index contributed by atoms with van der Waals surface area (Å²) in [6.45, 7) is -0.660. The quantitative estimate of drug-likeness (QED) is 0.0867. The molecule has 5 aromatic rings. The summed E-state index contributed by atoms with van der Waals surface area (Å²) in [5.74, 6) is -3.13. The van der Waals surface area contributed by atoms with Crippen LogP contribution in [-0.4, -0.2) is 96.4 Å². The molecular weight excluding hydrogens is 868 g/mol. The van der Waals surface area contributed by atoms with Gasteiger partial charge in [-0.1, -0.05) is 0 Å². The molecule has 6 N–H and O–H groups in total. The zero-order chi connectivity index (χ0) is 46.6. The molecule has 0 aliphatic carbocycles. The van der Waals surface area contributed by atoms with Gasteiger partial charge in [-0.15, -0.1) is 0 Å². The highest BCUT2D eigenvalue weighted by Gasteiger charge is 2.41. The minimum Gasteiger partial charge on any atom is -0.490 e. The molecule has 3 aliphatic rings. The van der Waals surface area contributed by atoms with Crippen LogP contribution in [0.1, 0.15) is 82.7 Å². The maximum atomic E-state index is 14.9. The van der Waals surface area contributed by atoms with Crippen molar-refractivity contribution in [3.8, 4) is 22.9 Å². The Kier molecular flexibility index (Phi) is 13.1. The van der Waals surface area contributed by atoms with Crippen molar-refractivity contribution in [1.82, 2.24) is 39.2 Å². The third-order valence-corrected chi connectivity index (χ3v) is 11.8. The fourth-order valence-electron chi connectivity index (χ4n) is 8.55. The van der Waals surface area contributed by atoms with Crippen molar-refractivity contribution in [2.24, 2.45) is 0 Å². The number of carbonyl (C=O) groups excluding carboxylic acids is 4. The van der Waals surface area contributed by atoms with Gasteiger partial charge < -0.3 is 36.1 Å². The van der Waals surface area contributed by atoms with Gasteiger partial charge in [0.2, 0.25) is 11.8 Å². The lowest BCUT2D eigenvalue weighted by Gasteiger charge is -2.33. The molecule has 0 spiro atoms. The molecule has 22 heteroatoms. The molecule has 0 saturated carbocycles. The first-order valence-electron chi connectivity index (χ1n) is 21.2. The summed E-state index contributed by atoms with van der Waals surface area (Å²) in [6, 6.07) is 8.27. The SMILES string of the molecule is Nc1ccn(-c2cncc(-n3ccc(N)nc3=O)c2NC(=O)c2ccc(OC(F)F)c(OCCCCCN3CCC(c4cc(F)cc5c4CN(C4CCC(=O)NC4=O)C5=O)CC3)c2)c(=O)n1. The lowest BCUT2D eigenvalue weighted by atomic mass is 9.85. The smallest absolute Gasteiger partial charge is 0.387 e. The average Bonchev–Trinajstić information content (AvgIpc) is 3.60. The van der Waals surface area contributed by atoms with Gasteiger partial charge in [0.25, 0.3) is 11.8 Å². The van der Waals surface area contributed by atoms with E-state index in [0.717, 1.165) is 59.2 Å². The van der Waals surface area contributed by atoms with E-state index in [4.69, 9.17) is 20.9 Å². The Morgan fingerprint density at radius 3 is 2.18 bits per heavy atom. The molecule has 0 radical (unpaired) electrons. The first kappa shape index (κ1) is 45.0. The number of nitrogens with two attached hydrogens (primary N) is 2. The van der Waals surface area contributed by atoms with Gasteiger partial charge in [-0.3, -0.25) is 38.6 Å². The van der Waals surface area contributed by atoms with Gasteiger partial charge in [-0.05, 0) is 118 Å². The van der Waals surface area contributed by atoms with E-state index in [1.54, 1.807) is 0 Å². The van der Waals surface area contributed by atoms with E-state index in [1.807, 2.05) is 0 Å². The van der Waals surface area contributed by atoms with Gasteiger partial charge in [0.15, 0.2) is 11.5 Å². The van der Waals surface area contributed by atoms with Crippen LogP contribution in [0.15, 0.2) is 76.8 Å². The number of benzene rings is 2. The minimum absolute atomic E-state index is 0.00750. The van der Waals surface area contributed by atoms with Crippen LogP contribution >= 0.6 is 0 Å². The first-order valence-corrected chi connectivity index (χ1v) is 21.2. The molecule has 3 aromatic heterocycles. The van der Waals surface area contributed by atoms with Crippen molar-refractivity contribution >= 4 is 41.0 Å². The molecule has 1 atom stereocenters. The highest BCUT2D eigenvalue weighted by Crippen LogP contribution is 2.38. The van der Waals surface area contributed by atoms with Gasteiger partial charge in [0.05, 0.1) is 36.1 Å². The molecule has 3 aliphatic heterocycles. The molecular formula is C44H44F3N11O8. The van der Waals surface area contributed by atoms with Crippen LogP contribution in [0.3, 0.4) is 0 Å². The standard InChI is InChI=1S/C44H44F3N11O8/c45-26-19-27(29-23-58(41(62)28(29)20-26)30-5-7-37(59)53-40(30)61)24-8-13-55(14-9-24)12-2-1-3-17-65-34-18-25(4-6-33(34)66-42(46)47)39(60)54-38-31(56-15-10-35(48)51-43(56)63)21-50-22-32(38)57-16-11-36(49)52-44(57)64/h4,6,10-11,15-16,18-22,24,30,42H,1-3,5,7-9,12-14,17,23H2,(H2,48,51,63)(H2,49,52,64)(H,50,54,60)(H,53,59,61). The molecule has 66 heavy (non-hydrogen) atoms. The van der Waals surface area contributed by atoms with Gasteiger partial charge in [-0.25, -0.2) is 14.0 Å². The number of ether oxygens (including phenoxy) is 2. The number of amides is 4. The zero-order valence-electron chi connectivity index (χ0n) is 35.3. The third kappa shape index (κ3) is 9.72. The number of halogens is 3. The largest absolute Gasteiger partial charge is 0.490 e. The number of imide groups is 1. The molecule has 1 unspecified atom stereocenters. The van der Waals surface area contributed by atoms with Crippen LogP contribution in [0.4, 0.5) is 30.5 Å². The van der Waals surface area contributed by atoms with Crippen molar-refractivity contribution in [1.29, 1.82) is 0 Å². The van der Waals surface area contributed by atoms with Crippen molar-refractivity contribution in [3.05, 3.63) is 116 Å². The van der Waals surface area contributed by atoms with E-state index in [1.165, 1.54) is 72.2 Å². The predicted octanol–water partition coefficient (Wildman–Crippen LogP) is 3.52. The number of anilines is 3. The van der Waals surface area contributed by atoms with Gasteiger partial charge in [-0.2, -0.15) is 18.7 Å². The highest BCUT2D eigenvalue weighted by atomic mass is 19.3. The molecule has 0 bridgehead atoms. The molecule has 2 fully saturated rings. The zero-order valence-corrected chi connectivity index (χ0v) is 35.3. The molecule has 344 valence electrons. The normalized spacial score (nSPS) is 16.6. The van der Waals surface area contributed by atoms with Crippen molar-refractivity contribution in [2.75, 3.05) is 43.0 Å². The maximum absolute atomic E-state index is 14.9. The fourth-order valence-corrected chi connectivity index (χ4v) is 8.55. The number of nitrogens with one attached hydrogen (secondary N) is 2. The number of nitrogens with zero attached hydrogens (tertiary/aromatic N) is 7. The monoisotopic (exact) mass is 911 g/mol. The van der Waals surface area contributed by atoms with Crippen molar-refractivity contribution in [2.45, 2.75) is 70.1 Å². The summed E-state index contributed by atoms with van der Waals surface area (Å²) in [6.07, 6.45) is 8.99. The van der Waals surface area contributed by atoms with E-state index in [0.29, 0.717) is 12.8 Å². The van der Waals surface area contributed by atoms with Crippen molar-refractivity contribution < 1.29 is 41.8 Å². The number of pyridine rings is 1. The Balaban J connectivity index is 0.882. The first-order chi connectivity index (χ1) is 31.7. The average molecular weight is 912 g/mol. The number of rotatable bonds is 15. The topological polar surface area (TPSA) is 252 Å². The number of nitrogen functional groups attached to an aromatic ring is 2. The summed E-state index contributed by atoms with van der Waals surface area (Å²) in [7, 11) is 0. The second-order valence-corrected chi connectivity index (χ2v) is 16.0.